The molecule has 1 aliphatic heterocycles. The lowest BCUT2D eigenvalue weighted by atomic mass is 10.3. The van der Waals surface area contributed by atoms with E-state index in [4.69, 9.17) is 5.26 Å². The van der Waals surface area contributed by atoms with Crippen molar-refractivity contribution in [3.8, 4) is 6.07 Å². The Morgan fingerprint density at radius 3 is 2.76 bits per heavy atom. The third-order valence-corrected chi connectivity index (χ3v) is 5.48. The van der Waals surface area contributed by atoms with Gasteiger partial charge >= 0.3 is 0 Å². The zero-order valence-corrected chi connectivity index (χ0v) is 14.8. The molecule has 1 atom stereocenters. The number of benzene rings is 1. The van der Waals surface area contributed by atoms with Gasteiger partial charge in [0.25, 0.3) is 5.91 Å². The van der Waals surface area contributed by atoms with E-state index in [1.807, 2.05) is 30.3 Å². The quantitative estimate of drug-likeness (QED) is 0.915. The molecule has 1 fully saturated rings. The molecule has 1 aromatic carbocycles. The molecule has 128 valence electrons. The smallest absolute Gasteiger partial charge is 0.272 e. The van der Waals surface area contributed by atoms with E-state index in [1.165, 1.54) is 11.8 Å². The third-order valence-electron chi connectivity index (χ3n) is 4.15. The van der Waals surface area contributed by atoms with Crippen molar-refractivity contribution >= 4 is 29.3 Å². The molecule has 0 unspecified atom stereocenters. The largest absolute Gasteiger partial charge is 0.345 e. The second-order valence-electron chi connectivity index (χ2n) is 5.94. The molecule has 6 nitrogen and oxygen atoms in total. The number of amides is 2. The summed E-state index contributed by atoms with van der Waals surface area (Å²) < 4.78 is 1.62. The van der Waals surface area contributed by atoms with Gasteiger partial charge in [-0.2, -0.15) is 5.26 Å². The van der Waals surface area contributed by atoms with Crippen molar-refractivity contribution in [2.45, 2.75) is 16.6 Å². The Hall–Kier alpha value is -2.72. The van der Waals surface area contributed by atoms with Gasteiger partial charge in [0.1, 0.15) is 11.8 Å². The average molecular weight is 354 g/mol. The second kappa shape index (κ2) is 7.03. The fourth-order valence-electron chi connectivity index (χ4n) is 2.76. The van der Waals surface area contributed by atoms with Gasteiger partial charge in [-0.1, -0.05) is 12.1 Å². The standard InChI is InChI=1S/C18H18N4O2S/c1-21-8-7-16(18(21)24)25-15-6-4-3-5-13(15)20-17(23)14-9-12(10-19)11-22(14)2/h3-6,9,11,16H,7-8H2,1-2H3,(H,20,23)/t16-/m1/s1. The van der Waals surface area contributed by atoms with Crippen molar-refractivity contribution in [1.82, 2.24) is 9.47 Å². The van der Waals surface area contributed by atoms with Gasteiger partial charge in [-0.15, -0.1) is 11.8 Å². The molecule has 1 N–H and O–H groups in total. The number of hydrogen-bond acceptors (Lipinski definition) is 4. The molecule has 1 aliphatic rings. The fourth-order valence-corrected chi connectivity index (χ4v) is 3.98. The summed E-state index contributed by atoms with van der Waals surface area (Å²) in [7, 11) is 3.53. The first-order valence-electron chi connectivity index (χ1n) is 7.88. The Morgan fingerprint density at radius 1 is 1.36 bits per heavy atom. The van der Waals surface area contributed by atoms with Crippen molar-refractivity contribution in [2.24, 2.45) is 7.05 Å². The van der Waals surface area contributed by atoms with Crippen LogP contribution in [0.4, 0.5) is 5.69 Å². The average Bonchev–Trinajstić information content (AvgIpc) is 3.13. The van der Waals surface area contributed by atoms with Crippen LogP contribution < -0.4 is 5.32 Å². The van der Waals surface area contributed by atoms with Crippen molar-refractivity contribution in [3.05, 3.63) is 47.8 Å². The van der Waals surface area contributed by atoms with Gasteiger partial charge in [0.15, 0.2) is 0 Å². The molecule has 1 saturated heterocycles. The van der Waals surface area contributed by atoms with Gasteiger partial charge in [0.05, 0.1) is 16.5 Å². The van der Waals surface area contributed by atoms with Crippen LogP contribution in [0.1, 0.15) is 22.5 Å². The Bertz CT molecular complexity index is 868. The molecule has 25 heavy (non-hydrogen) atoms. The van der Waals surface area contributed by atoms with Crippen molar-refractivity contribution < 1.29 is 9.59 Å². The number of nitrogens with zero attached hydrogens (tertiary/aromatic N) is 3. The highest BCUT2D eigenvalue weighted by Gasteiger charge is 2.30. The number of rotatable bonds is 4. The summed E-state index contributed by atoms with van der Waals surface area (Å²) in [4.78, 5) is 27.3. The highest BCUT2D eigenvalue weighted by atomic mass is 32.2. The Kier molecular flexibility index (Phi) is 4.81. The van der Waals surface area contributed by atoms with Gasteiger partial charge in [-0.25, -0.2) is 0 Å². The molecular weight excluding hydrogens is 336 g/mol. The molecular formula is C18H18N4O2S. The van der Waals surface area contributed by atoms with E-state index in [9.17, 15) is 9.59 Å². The number of likely N-dealkylation sites (tertiary alicyclic amines) is 1. The van der Waals surface area contributed by atoms with E-state index < -0.39 is 0 Å². The van der Waals surface area contributed by atoms with E-state index in [-0.39, 0.29) is 17.1 Å². The van der Waals surface area contributed by atoms with E-state index >= 15 is 0 Å². The van der Waals surface area contributed by atoms with Crippen molar-refractivity contribution in [2.75, 3.05) is 18.9 Å². The molecule has 0 bridgehead atoms. The predicted octanol–water partition coefficient (Wildman–Crippen LogP) is 2.47. The molecule has 2 amide bonds. The number of aryl methyl sites for hydroxylation is 1. The number of aromatic nitrogens is 1. The maximum absolute atomic E-state index is 12.5. The normalized spacial score (nSPS) is 16.8. The summed E-state index contributed by atoms with van der Waals surface area (Å²) >= 11 is 1.48. The molecule has 0 radical (unpaired) electrons. The number of carbonyl (C=O) groups is 2. The summed E-state index contributed by atoms with van der Waals surface area (Å²) in [6.07, 6.45) is 2.41. The van der Waals surface area contributed by atoms with Crippen molar-refractivity contribution in [1.29, 1.82) is 5.26 Å². The molecule has 1 aromatic heterocycles. The Balaban J connectivity index is 1.79. The number of nitrogens with one attached hydrogen (secondary N) is 1. The fraction of sp³-hybridized carbons (Fsp3) is 0.278. The van der Waals surface area contributed by atoms with E-state index in [0.717, 1.165) is 17.9 Å². The molecule has 3 rings (SSSR count). The molecule has 0 spiro atoms. The number of anilines is 1. The van der Waals surface area contributed by atoms with E-state index in [1.54, 1.807) is 35.8 Å². The van der Waals surface area contributed by atoms with Crippen LogP contribution in [0, 0.1) is 11.3 Å². The lowest BCUT2D eigenvalue weighted by Crippen LogP contribution is -2.23. The first-order chi connectivity index (χ1) is 12.0. The number of nitriles is 1. The highest BCUT2D eigenvalue weighted by molar-refractivity contribution is 8.00. The summed E-state index contributed by atoms with van der Waals surface area (Å²) in [5.74, 6) is -0.167. The minimum absolute atomic E-state index is 0.118. The van der Waals surface area contributed by atoms with Crippen LogP contribution in [0.5, 0.6) is 0 Å². The van der Waals surface area contributed by atoms with E-state index in [2.05, 4.69) is 5.32 Å². The summed E-state index contributed by atoms with van der Waals surface area (Å²) in [6, 6.07) is 11.0. The van der Waals surface area contributed by atoms with Gasteiger partial charge in [0.2, 0.25) is 5.91 Å². The molecule has 2 heterocycles. The molecule has 0 aliphatic carbocycles. The number of thioether (sulfide) groups is 1. The maximum atomic E-state index is 12.5. The summed E-state index contributed by atoms with van der Waals surface area (Å²) in [6.45, 7) is 0.755. The van der Waals surface area contributed by atoms with Crippen LogP contribution >= 0.6 is 11.8 Å². The van der Waals surface area contributed by atoms with Crippen LogP contribution in [0.3, 0.4) is 0 Å². The van der Waals surface area contributed by atoms with Crippen LogP contribution in [0.25, 0.3) is 0 Å². The minimum Gasteiger partial charge on any atom is -0.345 e. The number of hydrogen-bond donors (Lipinski definition) is 1. The van der Waals surface area contributed by atoms with Crippen molar-refractivity contribution in [3.63, 3.8) is 0 Å². The zero-order valence-electron chi connectivity index (χ0n) is 14.0. The SMILES string of the molecule is CN1CC[C@@H](Sc2ccccc2NC(=O)c2cc(C#N)cn2C)C1=O. The third kappa shape index (κ3) is 3.54. The lowest BCUT2D eigenvalue weighted by Gasteiger charge is -2.14. The maximum Gasteiger partial charge on any atom is 0.272 e. The topological polar surface area (TPSA) is 78.1 Å². The van der Waals surface area contributed by atoms with Gasteiger partial charge in [-0.05, 0) is 24.6 Å². The zero-order chi connectivity index (χ0) is 18.0. The first-order valence-corrected chi connectivity index (χ1v) is 8.76. The summed E-state index contributed by atoms with van der Waals surface area (Å²) in [5.41, 5.74) is 1.52. The van der Waals surface area contributed by atoms with Crippen LogP contribution in [-0.4, -0.2) is 40.1 Å². The van der Waals surface area contributed by atoms with E-state index in [0.29, 0.717) is 16.9 Å². The highest BCUT2D eigenvalue weighted by Crippen LogP contribution is 2.35. The lowest BCUT2D eigenvalue weighted by molar-refractivity contribution is -0.126. The second-order valence-corrected chi connectivity index (χ2v) is 7.19. The number of para-hydroxylation sites is 1. The minimum atomic E-state index is -0.285. The molecule has 2 aromatic rings. The molecule has 7 heteroatoms. The Labute approximate surface area is 150 Å². The first kappa shape index (κ1) is 17.1. The summed E-state index contributed by atoms with van der Waals surface area (Å²) in [5, 5.41) is 11.7. The van der Waals surface area contributed by atoms with Crippen LogP contribution in [0.15, 0.2) is 41.4 Å². The molecule has 0 saturated carbocycles. The monoisotopic (exact) mass is 354 g/mol. The number of carbonyl (C=O) groups excluding carboxylic acids is 2. The van der Waals surface area contributed by atoms with Gasteiger partial charge < -0.3 is 14.8 Å². The predicted molar refractivity (Wildman–Crippen MR) is 96.4 cm³/mol. The van der Waals surface area contributed by atoms with Gasteiger partial charge in [0, 0.05) is 31.7 Å². The Morgan fingerprint density at radius 2 is 2.12 bits per heavy atom. The van der Waals surface area contributed by atoms with Crippen LogP contribution in [0.2, 0.25) is 0 Å². The van der Waals surface area contributed by atoms with Gasteiger partial charge in [-0.3, -0.25) is 9.59 Å². The van der Waals surface area contributed by atoms with Crippen LogP contribution in [-0.2, 0) is 11.8 Å².